The topological polar surface area (TPSA) is 25.8 Å². The average Bonchev–Trinajstić information content (AvgIpc) is 3.98. The average molecular weight is 770 g/mol. The molecule has 0 atom stereocenters. The van der Waals surface area contributed by atoms with E-state index in [1.54, 1.807) is 22.7 Å². The Balaban J connectivity index is 1.47. The van der Waals surface area contributed by atoms with Gasteiger partial charge in [-0.1, -0.05) is 118 Å². The Morgan fingerprint density at radius 3 is 1.04 bits per heavy atom. The number of hydrogen-bond donors (Lipinski definition) is 0. The van der Waals surface area contributed by atoms with Gasteiger partial charge in [0.1, 0.15) is 0 Å². The largest absolute Gasteiger partial charge is 0.248 e. The van der Waals surface area contributed by atoms with Crippen molar-refractivity contribution >= 4 is 81.7 Å². The normalized spacial score (nSPS) is 12.1. The van der Waals surface area contributed by atoms with E-state index in [1.807, 2.05) is 0 Å². The number of thiophene rings is 2. The number of halogens is 1. The smallest absolute Gasteiger partial charge is 0.0730 e. The van der Waals surface area contributed by atoms with Crippen molar-refractivity contribution in [1.29, 1.82) is 0 Å². The van der Waals surface area contributed by atoms with E-state index in [0.717, 1.165) is 81.2 Å². The van der Waals surface area contributed by atoms with Crippen LogP contribution in [0.25, 0.3) is 87.6 Å². The fourth-order valence-electron chi connectivity index (χ4n) is 6.96. The van der Waals surface area contributed by atoms with Gasteiger partial charge in [-0.25, -0.2) is 9.97 Å². The van der Waals surface area contributed by atoms with Crippen LogP contribution in [0.4, 0.5) is 0 Å². The Kier molecular flexibility index (Phi) is 8.43. The number of hydrogen-bond acceptors (Lipinski definition) is 4. The second kappa shape index (κ2) is 13.4. The highest BCUT2D eigenvalue weighted by Crippen LogP contribution is 2.43. The van der Waals surface area contributed by atoms with Crippen molar-refractivity contribution in [2.24, 2.45) is 0 Å². The summed E-state index contributed by atoms with van der Waals surface area (Å²) in [4.78, 5) is 10.9. The molecule has 0 saturated carbocycles. The molecule has 0 saturated heterocycles. The molecular weight excluding hydrogens is 737 g/mol. The lowest BCUT2D eigenvalue weighted by Gasteiger charge is -2.07. The third kappa shape index (κ3) is 6.09. The number of rotatable bonds is 4. The SMILES string of the molecule is Cc1ccc(-c2c3nc(c(-c4ccc(C)cc4)c4ccc(s4)c(-c4cccc(Br)c4)c4nc(c(-c5ccc(C)cc5)c5ccc2s5)C=C4)C=C3)cc1. The van der Waals surface area contributed by atoms with Crippen molar-refractivity contribution in [1.82, 2.24) is 9.97 Å². The summed E-state index contributed by atoms with van der Waals surface area (Å²) in [6.07, 6.45) is 8.76. The van der Waals surface area contributed by atoms with Crippen LogP contribution in [0.1, 0.15) is 39.5 Å². The Morgan fingerprint density at radius 2 is 0.712 bits per heavy atom. The molecule has 2 nitrogen and oxygen atoms in total. The molecule has 2 aliphatic heterocycles. The second-order valence-electron chi connectivity index (χ2n) is 13.4. The predicted octanol–water partition coefficient (Wildman–Crippen LogP) is 14.5. The zero-order chi connectivity index (χ0) is 35.3. The molecule has 5 heteroatoms. The van der Waals surface area contributed by atoms with Gasteiger partial charge in [-0.05, 0) is 104 Å². The van der Waals surface area contributed by atoms with E-state index in [2.05, 4.69) is 182 Å². The van der Waals surface area contributed by atoms with Crippen LogP contribution < -0.4 is 0 Å². The first-order chi connectivity index (χ1) is 25.4. The van der Waals surface area contributed by atoms with E-state index in [1.165, 1.54) is 26.1 Å². The van der Waals surface area contributed by atoms with E-state index in [9.17, 15) is 0 Å². The van der Waals surface area contributed by atoms with Gasteiger partial charge in [-0.15, -0.1) is 22.7 Å². The molecule has 0 amide bonds. The minimum absolute atomic E-state index is 0.951. The zero-order valence-electron chi connectivity index (χ0n) is 28.9. The maximum atomic E-state index is 5.46. The van der Waals surface area contributed by atoms with Gasteiger partial charge in [-0.3, -0.25) is 0 Å². The minimum Gasteiger partial charge on any atom is -0.248 e. The predicted molar refractivity (Wildman–Crippen MR) is 230 cm³/mol. The standard InChI is InChI=1S/C47H33BrN2S2/c1-28-7-13-31(14-8-28)44-36-19-20-37(49-36)45(32-15-9-29(2)10-16-32)42-25-26-43(52-42)47(34-5-4-6-35(48)27-34)39-22-21-38(50-39)46(41-24-23-40(44)51-41)33-17-11-30(3)12-18-33/h4-27H,1-3H3. The molecule has 7 aromatic rings. The molecule has 0 unspecified atom stereocenters. The molecule has 8 bridgehead atoms. The van der Waals surface area contributed by atoms with Crippen molar-refractivity contribution in [2.45, 2.75) is 20.8 Å². The molecule has 250 valence electrons. The van der Waals surface area contributed by atoms with E-state index >= 15 is 0 Å². The second-order valence-corrected chi connectivity index (χ2v) is 16.5. The first-order valence-corrected chi connectivity index (χ1v) is 19.8. The number of aryl methyl sites for hydroxylation is 3. The van der Waals surface area contributed by atoms with Crippen molar-refractivity contribution in [3.63, 3.8) is 0 Å². The van der Waals surface area contributed by atoms with Gasteiger partial charge in [0.25, 0.3) is 0 Å². The molecular formula is C47H33BrN2S2. The molecule has 0 N–H and O–H groups in total. The van der Waals surface area contributed by atoms with E-state index in [4.69, 9.17) is 9.97 Å². The molecule has 5 heterocycles. The van der Waals surface area contributed by atoms with E-state index in [0.29, 0.717) is 0 Å². The molecule has 0 aliphatic carbocycles. The minimum atomic E-state index is 0.951. The van der Waals surface area contributed by atoms with Gasteiger partial charge in [-0.2, -0.15) is 0 Å². The van der Waals surface area contributed by atoms with E-state index in [-0.39, 0.29) is 0 Å². The van der Waals surface area contributed by atoms with Crippen LogP contribution in [0, 0.1) is 20.8 Å². The third-order valence-electron chi connectivity index (χ3n) is 9.64. The zero-order valence-corrected chi connectivity index (χ0v) is 32.2. The van der Waals surface area contributed by atoms with Gasteiger partial charge < -0.3 is 0 Å². The summed E-state index contributed by atoms with van der Waals surface area (Å²) >= 11 is 7.34. The van der Waals surface area contributed by atoms with E-state index < -0.39 is 0 Å². The lowest BCUT2D eigenvalue weighted by molar-refractivity contribution is 1.33. The summed E-state index contributed by atoms with van der Waals surface area (Å²) in [7, 11) is 0. The van der Waals surface area contributed by atoms with Crippen LogP contribution in [-0.4, -0.2) is 9.97 Å². The Hall–Kier alpha value is -5.20. The summed E-state index contributed by atoms with van der Waals surface area (Å²) in [5, 5.41) is 0. The molecule has 3 aromatic heterocycles. The first kappa shape index (κ1) is 32.7. The monoisotopic (exact) mass is 768 g/mol. The maximum absolute atomic E-state index is 5.46. The van der Waals surface area contributed by atoms with Crippen molar-refractivity contribution in [2.75, 3.05) is 0 Å². The third-order valence-corrected chi connectivity index (χ3v) is 12.4. The molecule has 4 aromatic carbocycles. The lowest BCUT2D eigenvalue weighted by Crippen LogP contribution is -1.87. The number of aromatic nitrogens is 2. The van der Waals surface area contributed by atoms with Crippen LogP contribution in [-0.2, 0) is 0 Å². The highest BCUT2D eigenvalue weighted by Gasteiger charge is 2.19. The van der Waals surface area contributed by atoms with Gasteiger partial charge in [0, 0.05) is 45.5 Å². The van der Waals surface area contributed by atoms with Crippen molar-refractivity contribution in [3.05, 3.63) is 165 Å². The Labute approximate surface area is 320 Å². The van der Waals surface area contributed by atoms with Crippen LogP contribution in [0.5, 0.6) is 0 Å². The maximum Gasteiger partial charge on any atom is 0.0730 e. The van der Waals surface area contributed by atoms with Crippen LogP contribution in [0.2, 0.25) is 0 Å². The molecule has 0 radical (unpaired) electrons. The first-order valence-electron chi connectivity index (χ1n) is 17.3. The van der Waals surface area contributed by atoms with Crippen LogP contribution >= 0.6 is 38.6 Å². The summed E-state index contributed by atoms with van der Waals surface area (Å²) in [6.45, 7) is 6.41. The summed E-state index contributed by atoms with van der Waals surface area (Å²) in [5.74, 6) is 0. The molecule has 2 aliphatic rings. The van der Waals surface area contributed by atoms with Gasteiger partial charge in [0.15, 0.2) is 0 Å². The molecule has 52 heavy (non-hydrogen) atoms. The Morgan fingerprint density at radius 1 is 0.385 bits per heavy atom. The van der Waals surface area contributed by atoms with Gasteiger partial charge in [0.05, 0.1) is 22.8 Å². The highest BCUT2D eigenvalue weighted by atomic mass is 79.9. The van der Waals surface area contributed by atoms with Gasteiger partial charge in [0.2, 0.25) is 0 Å². The number of nitrogens with zero attached hydrogens (tertiary/aromatic N) is 2. The fraction of sp³-hybridized carbons (Fsp3) is 0.0638. The molecule has 0 fully saturated rings. The Bertz CT molecular complexity index is 2700. The summed E-state index contributed by atoms with van der Waals surface area (Å²) < 4.78 is 5.69. The van der Waals surface area contributed by atoms with Crippen LogP contribution in [0.3, 0.4) is 0 Å². The van der Waals surface area contributed by atoms with Crippen molar-refractivity contribution < 1.29 is 0 Å². The highest BCUT2D eigenvalue weighted by molar-refractivity contribution is 9.10. The quantitative estimate of drug-likeness (QED) is 0.178. The molecule has 9 rings (SSSR count). The lowest BCUT2D eigenvalue weighted by atomic mass is 10.0. The molecule has 0 spiro atoms. The number of benzene rings is 4. The van der Waals surface area contributed by atoms with Gasteiger partial charge >= 0.3 is 0 Å². The van der Waals surface area contributed by atoms with Crippen molar-refractivity contribution in [3.8, 4) is 44.5 Å². The summed E-state index contributed by atoms with van der Waals surface area (Å²) in [5.41, 5.74) is 16.6. The van der Waals surface area contributed by atoms with Crippen LogP contribution in [0.15, 0.2) is 126 Å². The fourth-order valence-corrected chi connectivity index (χ4v) is 9.68. The summed E-state index contributed by atoms with van der Waals surface area (Å²) in [6, 6.07) is 44.0. The number of fused-ring (bicyclic) bond motifs is 8.